The lowest BCUT2D eigenvalue weighted by atomic mass is 10.1. The highest BCUT2D eigenvalue weighted by atomic mass is 19.1. The van der Waals surface area contributed by atoms with Gasteiger partial charge in [0.15, 0.2) is 0 Å². The molecular formula is C18H23FN4O3. The Bertz CT molecular complexity index is 830. The molecule has 2 rings (SSSR count). The Labute approximate surface area is 151 Å². The molecule has 0 saturated heterocycles. The normalized spacial score (nSPS) is 11.0. The molecule has 1 heterocycles. The van der Waals surface area contributed by atoms with Gasteiger partial charge in [0, 0.05) is 30.8 Å². The number of aryl methyl sites for hydroxylation is 1. The number of carbonyl (C=O) groups is 1. The molecule has 0 aliphatic carbocycles. The summed E-state index contributed by atoms with van der Waals surface area (Å²) in [5.74, 6) is -0.651. The second-order valence-corrected chi connectivity index (χ2v) is 6.69. The first-order valence-electron chi connectivity index (χ1n) is 8.45. The Kier molecular flexibility index (Phi) is 6.07. The fourth-order valence-electron chi connectivity index (χ4n) is 2.79. The summed E-state index contributed by atoms with van der Waals surface area (Å²) in [5, 5.41) is 17.7. The molecule has 7 nitrogen and oxygen atoms in total. The first-order valence-corrected chi connectivity index (χ1v) is 8.45. The van der Waals surface area contributed by atoms with Crippen LogP contribution in [0.3, 0.4) is 0 Å². The van der Waals surface area contributed by atoms with Gasteiger partial charge in [-0.1, -0.05) is 13.8 Å². The number of anilines is 1. The van der Waals surface area contributed by atoms with E-state index in [1.807, 2.05) is 18.5 Å². The zero-order valence-electron chi connectivity index (χ0n) is 15.4. The number of halogens is 1. The van der Waals surface area contributed by atoms with Crippen molar-refractivity contribution >= 4 is 17.3 Å². The van der Waals surface area contributed by atoms with Gasteiger partial charge in [0.1, 0.15) is 5.82 Å². The Morgan fingerprint density at radius 1 is 1.38 bits per heavy atom. The molecule has 1 aromatic heterocycles. The highest BCUT2D eigenvalue weighted by Gasteiger charge is 2.16. The number of nitro benzene ring substituents is 1. The molecule has 8 heteroatoms. The number of nitrogens with one attached hydrogen (secondary N) is 1. The summed E-state index contributed by atoms with van der Waals surface area (Å²) in [7, 11) is 0. The molecule has 1 aromatic carbocycles. The summed E-state index contributed by atoms with van der Waals surface area (Å²) >= 11 is 0. The first-order chi connectivity index (χ1) is 12.2. The second kappa shape index (κ2) is 8.07. The van der Waals surface area contributed by atoms with Crippen LogP contribution in [0.1, 0.15) is 37.2 Å². The van der Waals surface area contributed by atoms with Gasteiger partial charge in [0.25, 0.3) is 5.69 Å². The van der Waals surface area contributed by atoms with Crippen LogP contribution in [0.25, 0.3) is 0 Å². The van der Waals surface area contributed by atoms with E-state index in [1.165, 1.54) is 0 Å². The minimum Gasteiger partial charge on any atom is -0.323 e. The van der Waals surface area contributed by atoms with Crippen molar-refractivity contribution in [1.29, 1.82) is 0 Å². The van der Waals surface area contributed by atoms with Crippen molar-refractivity contribution < 1.29 is 14.1 Å². The standard InChI is InChI=1S/C18H23FN4O3/c1-11(2)10-22-13(4)15(12(3)21-22)6-8-18(24)20-17-9-14(23(25)26)5-7-16(17)19/h5,7,9,11H,6,8,10H2,1-4H3,(H,20,24). The number of amides is 1. The average Bonchev–Trinajstić information content (AvgIpc) is 2.80. The zero-order valence-corrected chi connectivity index (χ0v) is 15.4. The highest BCUT2D eigenvalue weighted by molar-refractivity contribution is 5.91. The molecule has 0 aliphatic heterocycles. The number of aromatic nitrogens is 2. The summed E-state index contributed by atoms with van der Waals surface area (Å²) in [6, 6.07) is 3.04. The molecule has 140 valence electrons. The summed E-state index contributed by atoms with van der Waals surface area (Å²) < 4.78 is 15.7. The number of hydrogen-bond acceptors (Lipinski definition) is 4. The molecule has 0 spiro atoms. The Morgan fingerprint density at radius 3 is 2.69 bits per heavy atom. The third-order valence-corrected chi connectivity index (χ3v) is 4.11. The summed E-state index contributed by atoms with van der Waals surface area (Å²) in [4.78, 5) is 22.3. The Morgan fingerprint density at radius 2 is 2.08 bits per heavy atom. The van der Waals surface area contributed by atoms with Crippen LogP contribution in [-0.2, 0) is 17.8 Å². The van der Waals surface area contributed by atoms with Gasteiger partial charge in [-0.05, 0) is 37.8 Å². The Hall–Kier alpha value is -2.77. The van der Waals surface area contributed by atoms with Crippen LogP contribution in [0.2, 0.25) is 0 Å². The van der Waals surface area contributed by atoms with Gasteiger partial charge >= 0.3 is 0 Å². The molecule has 0 aliphatic rings. The molecule has 0 bridgehead atoms. The van der Waals surface area contributed by atoms with Gasteiger partial charge in [-0.2, -0.15) is 5.10 Å². The van der Waals surface area contributed by atoms with Crippen LogP contribution in [-0.4, -0.2) is 20.6 Å². The second-order valence-electron chi connectivity index (χ2n) is 6.69. The fourth-order valence-corrected chi connectivity index (χ4v) is 2.79. The number of benzene rings is 1. The quantitative estimate of drug-likeness (QED) is 0.599. The SMILES string of the molecule is Cc1nn(CC(C)C)c(C)c1CCC(=O)Nc1cc([N+](=O)[O-])ccc1F. The van der Waals surface area contributed by atoms with Gasteiger partial charge in [-0.3, -0.25) is 19.6 Å². The van der Waals surface area contributed by atoms with Gasteiger partial charge in [0.2, 0.25) is 5.91 Å². The van der Waals surface area contributed by atoms with Crippen molar-refractivity contribution in [3.8, 4) is 0 Å². The maximum atomic E-state index is 13.8. The first kappa shape index (κ1) is 19.6. The molecule has 0 radical (unpaired) electrons. The number of carbonyl (C=O) groups excluding carboxylic acids is 1. The number of rotatable bonds is 7. The van der Waals surface area contributed by atoms with E-state index in [-0.39, 0.29) is 17.8 Å². The predicted octanol–water partition coefficient (Wildman–Crippen LogP) is 3.77. The van der Waals surface area contributed by atoms with Crippen LogP contribution < -0.4 is 5.32 Å². The highest BCUT2D eigenvalue weighted by Crippen LogP contribution is 2.22. The van der Waals surface area contributed by atoms with Gasteiger partial charge in [0.05, 0.1) is 16.3 Å². The molecule has 0 saturated carbocycles. The Balaban J connectivity index is 2.05. The topological polar surface area (TPSA) is 90.1 Å². The lowest BCUT2D eigenvalue weighted by molar-refractivity contribution is -0.384. The summed E-state index contributed by atoms with van der Waals surface area (Å²) in [5.41, 5.74) is 2.43. The van der Waals surface area contributed by atoms with Crippen molar-refractivity contribution in [3.05, 3.63) is 51.1 Å². The van der Waals surface area contributed by atoms with Crippen LogP contribution in [0.5, 0.6) is 0 Å². The third kappa shape index (κ3) is 4.65. The van der Waals surface area contributed by atoms with E-state index >= 15 is 0 Å². The van der Waals surface area contributed by atoms with Crippen molar-refractivity contribution in [2.24, 2.45) is 5.92 Å². The van der Waals surface area contributed by atoms with Crippen LogP contribution >= 0.6 is 0 Å². The molecule has 0 atom stereocenters. The van der Waals surface area contributed by atoms with Crippen molar-refractivity contribution in [2.45, 2.75) is 47.1 Å². The fraction of sp³-hybridized carbons (Fsp3) is 0.444. The van der Waals surface area contributed by atoms with Gasteiger partial charge < -0.3 is 5.32 Å². The number of hydrogen-bond donors (Lipinski definition) is 1. The minimum atomic E-state index is -0.707. The molecule has 1 amide bonds. The van der Waals surface area contributed by atoms with E-state index < -0.39 is 16.6 Å². The van der Waals surface area contributed by atoms with Crippen molar-refractivity contribution in [1.82, 2.24) is 9.78 Å². The van der Waals surface area contributed by atoms with E-state index in [0.29, 0.717) is 12.3 Å². The summed E-state index contributed by atoms with van der Waals surface area (Å²) in [6.07, 6.45) is 0.606. The number of nitro groups is 1. The zero-order chi connectivity index (χ0) is 19.4. The minimum absolute atomic E-state index is 0.136. The maximum Gasteiger partial charge on any atom is 0.271 e. The van der Waals surface area contributed by atoms with Crippen molar-refractivity contribution in [2.75, 3.05) is 5.32 Å². The molecule has 26 heavy (non-hydrogen) atoms. The van der Waals surface area contributed by atoms with Gasteiger partial charge in [-0.15, -0.1) is 0 Å². The van der Waals surface area contributed by atoms with E-state index in [4.69, 9.17) is 0 Å². The molecule has 0 unspecified atom stereocenters. The number of non-ortho nitro benzene ring substituents is 1. The molecule has 0 fully saturated rings. The van der Waals surface area contributed by atoms with Gasteiger partial charge in [-0.25, -0.2) is 4.39 Å². The van der Waals surface area contributed by atoms with E-state index in [1.54, 1.807) is 0 Å². The lowest BCUT2D eigenvalue weighted by Crippen LogP contribution is -2.14. The van der Waals surface area contributed by atoms with Crippen LogP contribution in [0, 0.1) is 35.7 Å². The lowest BCUT2D eigenvalue weighted by Gasteiger charge is -2.08. The van der Waals surface area contributed by atoms with Crippen LogP contribution in [0.15, 0.2) is 18.2 Å². The maximum absolute atomic E-state index is 13.8. The largest absolute Gasteiger partial charge is 0.323 e. The van der Waals surface area contributed by atoms with E-state index in [2.05, 4.69) is 24.3 Å². The molecule has 1 N–H and O–H groups in total. The predicted molar refractivity (Wildman–Crippen MR) is 96.5 cm³/mol. The third-order valence-electron chi connectivity index (χ3n) is 4.11. The average molecular weight is 362 g/mol. The summed E-state index contributed by atoms with van der Waals surface area (Å²) in [6.45, 7) is 8.89. The smallest absolute Gasteiger partial charge is 0.271 e. The number of nitrogens with zero attached hydrogens (tertiary/aromatic N) is 3. The van der Waals surface area contributed by atoms with Crippen LogP contribution in [0.4, 0.5) is 15.8 Å². The van der Waals surface area contributed by atoms with E-state index in [0.717, 1.165) is 41.7 Å². The monoisotopic (exact) mass is 362 g/mol. The molecular weight excluding hydrogens is 339 g/mol. The van der Waals surface area contributed by atoms with Crippen molar-refractivity contribution in [3.63, 3.8) is 0 Å². The molecule has 2 aromatic rings. The van der Waals surface area contributed by atoms with E-state index in [9.17, 15) is 19.3 Å².